The summed E-state index contributed by atoms with van der Waals surface area (Å²) in [6.45, 7) is 1.73. The number of hydrogen-bond donors (Lipinski definition) is 3. The van der Waals surface area contributed by atoms with Crippen LogP contribution in [0.5, 0.6) is 0 Å². The zero-order chi connectivity index (χ0) is 14.4. The van der Waals surface area contributed by atoms with Gasteiger partial charge >= 0.3 is 6.03 Å². The third-order valence-electron chi connectivity index (χ3n) is 3.60. The number of aliphatic hydroxyl groups is 1. The fourth-order valence-corrected chi connectivity index (χ4v) is 2.39. The first kappa shape index (κ1) is 15.1. The van der Waals surface area contributed by atoms with E-state index in [-0.39, 0.29) is 18.1 Å². The molecule has 0 radical (unpaired) electrons. The third kappa shape index (κ3) is 4.10. The van der Waals surface area contributed by atoms with Crippen LogP contribution in [0.15, 0.2) is 24.3 Å². The van der Waals surface area contributed by atoms with Gasteiger partial charge in [0.2, 0.25) is 0 Å². The number of ether oxygens (including phenoxy) is 1. The molecule has 20 heavy (non-hydrogen) atoms. The number of aliphatic hydroxyl groups excluding tert-OH is 1. The van der Waals surface area contributed by atoms with Crippen LogP contribution in [0.25, 0.3) is 0 Å². The second kappa shape index (κ2) is 6.92. The minimum Gasteiger partial charge on any atom is -0.396 e. The number of urea groups is 1. The van der Waals surface area contributed by atoms with E-state index in [1.165, 1.54) is 0 Å². The van der Waals surface area contributed by atoms with E-state index >= 15 is 0 Å². The molecule has 2 amide bonds. The molecule has 2 rings (SSSR count). The van der Waals surface area contributed by atoms with E-state index in [2.05, 4.69) is 10.6 Å². The molecule has 1 fully saturated rings. The number of halogens is 1. The second-order valence-corrected chi connectivity index (χ2v) is 5.52. The largest absolute Gasteiger partial charge is 0.396 e. The summed E-state index contributed by atoms with van der Waals surface area (Å²) in [5.74, 6) is 0. The smallest absolute Gasteiger partial charge is 0.319 e. The number of nitrogens with one attached hydrogen (secondary N) is 2. The van der Waals surface area contributed by atoms with Gasteiger partial charge in [0.25, 0.3) is 0 Å². The molecule has 1 saturated heterocycles. The summed E-state index contributed by atoms with van der Waals surface area (Å²) < 4.78 is 5.29. The normalized spacial score (nSPS) is 17.5. The standard InChI is InChI=1S/C14H19ClN2O3/c15-11-2-1-3-12(8-11)17-13(19)16-9-14(10-18)4-6-20-7-5-14/h1-3,8,18H,4-7,9-10H2,(H2,16,17,19). The van der Waals surface area contributed by atoms with Crippen molar-refractivity contribution in [1.82, 2.24) is 5.32 Å². The fraction of sp³-hybridized carbons (Fsp3) is 0.500. The molecule has 1 aromatic carbocycles. The van der Waals surface area contributed by atoms with E-state index in [0.717, 1.165) is 12.8 Å². The summed E-state index contributed by atoms with van der Waals surface area (Å²) in [5.41, 5.74) is 0.365. The lowest BCUT2D eigenvalue weighted by molar-refractivity contribution is -0.0136. The van der Waals surface area contributed by atoms with Gasteiger partial charge in [-0.2, -0.15) is 0 Å². The van der Waals surface area contributed by atoms with Crippen LogP contribution in [-0.2, 0) is 4.74 Å². The maximum Gasteiger partial charge on any atom is 0.319 e. The van der Waals surface area contributed by atoms with Crippen LogP contribution in [0.4, 0.5) is 10.5 Å². The summed E-state index contributed by atoms with van der Waals surface area (Å²) in [4.78, 5) is 11.8. The Balaban J connectivity index is 1.85. The van der Waals surface area contributed by atoms with Crippen molar-refractivity contribution in [2.24, 2.45) is 5.41 Å². The Kier molecular flexibility index (Phi) is 5.23. The number of rotatable bonds is 4. The van der Waals surface area contributed by atoms with Crippen molar-refractivity contribution in [3.8, 4) is 0 Å². The number of anilines is 1. The van der Waals surface area contributed by atoms with E-state index in [4.69, 9.17) is 16.3 Å². The highest BCUT2D eigenvalue weighted by molar-refractivity contribution is 6.30. The molecule has 0 atom stereocenters. The fourth-order valence-electron chi connectivity index (χ4n) is 2.20. The molecule has 0 saturated carbocycles. The number of hydrogen-bond acceptors (Lipinski definition) is 3. The molecule has 6 heteroatoms. The van der Waals surface area contributed by atoms with Gasteiger partial charge in [0.1, 0.15) is 0 Å². The van der Waals surface area contributed by atoms with Gasteiger partial charge in [-0.05, 0) is 31.0 Å². The lowest BCUT2D eigenvalue weighted by atomic mass is 9.81. The molecule has 0 bridgehead atoms. The molecule has 1 aliphatic heterocycles. The molecule has 5 nitrogen and oxygen atoms in total. The predicted octanol–water partition coefficient (Wildman–Crippen LogP) is 2.25. The van der Waals surface area contributed by atoms with Crippen LogP contribution < -0.4 is 10.6 Å². The lowest BCUT2D eigenvalue weighted by Gasteiger charge is -2.35. The second-order valence-electron chi connectivity index (χ2n) is 5.09. The van der Waals surface area contributed by atoms with Crippen LogP contribution in [-0.4, -0.2) is 37.5 Å². The van der Waals surface area contributed by atoms with Crippen molar-refractivity contribution >= 4 is 23.3 Å². The van der Waals surface area contributed by atoms with Gasteiger partial charge in [-0.25, -0.2) is 4.79 Å². The Morgan fingerprint density at radius 3 is 2.80 bits per heavy atom. The topological polar surface area (TPSA) is 70.6 Å². The lowest BCUT2D eigenvalue weighted by Crippen LogP contribution is -2.44. The van der Waals surface area contributed by atoms with Crippen LogP contribution in [0.3, 0.4) is 0 Å². The highest BCUT2D eigenvalue weighted by atomic mass is 35.5. The SMILES string of the molecule is O=C(NCC1(CO)CCOCC1)Nc1cccc(Cl)c1. The molecule has 0 aromatic heterocycles. The molecule has 3 N–H and O–H groups in total. The Morgan fingerprint density at radius 2 is 2.15 bits per heavy atom. The van der Waals surface area contributed by atoms with Gasteiger partial charge in [-0.3, -0.25) is 0 Å². The van der Waals surface area contributed by atoms with E-state index < -0.39 is 0 Å². The maximum absolute atomic E-state index is 11.8. The van der Waals surface area contributed by atoms with Gasteiger partial charge in [0, 0.05) is 35.9 Å². The molecular formula is C14H19ClN2O3. The Labute approximate surface area is 123 Å². The Hall–Kier alpha value is -1.30. The molecule has 1 heterocycles. The summed E-state index contributed by atoms with van der Waals surface area (Å²) in [6.07, 6.45) is 1.50. The molecule has 110 valence electrons. The molecule has 0 unspecified atom stereocenters. The molecule has 0 aliphatic carbocycles. The number of amides is 2. The van der Waals surface area contributed by atoms with Crippen molar-refractivity contribution in [1.29, 1.82) is 0 Å². The first-order valence-corrected chi connectivity index (χ1v) is 7.00. The van der Waals surface area contributed by atoms with Gasteiger partial charge in [-0.1, -0.05) is 17.7 Å². The monoisotopic (exact) mass is 298 g/mol. The van der Waals surface area contributed by atoms with Crippen molar-refractivity contribution in [2.75, 3.05) is 31.7 Å². The molecule has 1 aromatic rings. The zero-order valence-electron chi connectivity index (χ0n) is 11.2. The molecule has 1 aliphatic rings. The van der Waals surface area contributed by atoms with Crippen LogP contribution in [0.2, 0.25) is 5.02 Å². The van der Waals surface area contributed by atoms with Crippen LogP contribution >= 0.6 is 11.6 Å². The van der Waals surface area contributed by atoms with E-state index in [1.54, 1.807) is 24.3 Å². The molecular weight excluding hydrogens is 280 g/mol. The van der Waals surface area contributed by atoms with Crippen molar-refractivity contribution in [3.05, 3.63) is 29.3 Å². The van der Waals surface area contributed by atoms with Crippen molar-refractivity contribution in [2.45, 2.75) is 12.8 Å². The number of benzene rings is 1. The average Bonchev–Trinajstić information content (AvgIpc) is 2.46. The minimum absolute atomic E-state index is 0.0494. The highest BCUT2D eigenvalue weighted by Crippen LogP contribution is 2.29. The van der Waals surface area contributed by atoms with Crippen molar-refractivity contribution < 1.29 is 14.6 Å². The van der Waals surface area contributed by atoms with Crippen molar-refractivity contribution in [3.63, 3.8) is 0 Å². The predicted molar refractivity (Wildman–Crippen MR) is 78.0 cm³/mol. The Bertz CT molecular complexity index is 461. The summed E-state index contributed by atoms with van der Waals surface area (Å²) in [6, 6.07) is 6.66. The van der Waals surface area contributed by atoms with Gasteiger partial charge in [-0.15, -0.1) is 0 Å². The summed E-state index contributed by atoms with van der Waals surface area (Å²) in [5, 5.41) is 15.6. The number of carbonyl (C=O) groups is 1. The Morgan fingerprint density at radius 1 is 1.40 bits per heavy atom. The summed E-state index contributed by atoms with van der Waals surface area (Å²) in [7, 11) is 0. The van der Waals surface area contributed by atoms with Gasteiger partial charge in [0.15, 0.2) is 0 Å². The third-order valence-corrected chi connectivity index (χ3v) is 3.83. The maximum atomic E-state index is 11.8. The highest BCUT2D eigenvalue weighted by Gasteiger charge is 2.32. The van der Waals surface area contributed by atoms with Gasteiger partial charge in [0.05, 0.1) is 6.61 Å². The number of carbonyl (C=O) groups excluding carboxylic acids is 1. The average molecular weight is 299 g/mol. The first-order chi connectivity index (χ1) is 9.63. The quantitative estimate of drug-likeness (QED) is 0.798. The van der Waals surface area contributed by atoms with E-state index in [0.29, 0.717) is 30.5 Å². The minimum atomic E-state index is -0.299. The summed E-state index contributed by atoms with van der Waals surface area (Å²) >= 11 is 5.85. The van der Waals surface area contributed by atoms with E-state index in [9.17, 15) is 9.90 Å². The first-order valence-electron chi connectivity index (χ1n) is 6.63. The van der Waals surface area contributed by atoms with Crippen LogP contribution in [0, 0.1) is 5.41 Å². The molecule has 0 spiro atoms. The van der Waals surface area contributed by atoms with Gasteiger partial charge < -0.3 is 20.5 Å². The van der Waals surface area contributed by atoms with Crippen LogP contribution in [0.1, 0.15) is 12.8 Å². The van der Waals surface area contributed by atoms with E-state index in [1.807, 2.05) is 0 Å². The zero-order valence-corrected chi connectivity index (χ0v) is 11.9.